The minimum Gasteiger partial charge on any atom is -0.398 e. The standard InChI is InChI=1S/C14H13BrN4/c1-8-3-5-10(6-4-8)19-17-11-7-9(2)13(16)12(15)14(11)18-19/h3-7H,16H2,1-2H3. The number of aryl methyl sites for hydroxylation is 2. The Balaban J connectivity index is 2.22. The molecule has 0 aliphatic carbocycles. The second-order valence-corrected chi connectivity index (χ2v) is 5.41. The lowest BCUT2D eigenvalue weighted by Gasteiger charge is -2.01. The smallest absolute Gasteiger partial charge is 0.129 e. The first-order valence-electron chi connectivity index (χ1n) is 5.95. The highest BCUT2D eigenvalue weighted by Gasteiger charge is 2.12. The second kappa shape index (κ2) is 4.35. The number of hydrogen-bond acceptors (Lipinski definition) is 3. The van der Waals surface area contributed by atoms with E-state index in [0.717, 1.165) is 26.8 Å². The Morgan fingerprint density at radius 2 is 1.79 bits per heavy atom. The van der Waals surface area contributed by atoms with E-state index in [4.69, 9.17) is 5.73 Å². The molecular weight excluding hydrogens is 304 g/mol. The SMILES string of the molecule is Cc1ccc(-n2nc3cc(C)c(N)c(Br)c3n2)cc1. The molecule has 96 valence electrons. The zero-order valence-corrected chi connectivity index (χ0v) is 12.3. The number of aromatic nitrogens is 3. The van der Waals surface area contributed by atoms with E-state index in [1.54, 1.807) is 4.80 Å². The van der Waals surface area contributed by atoms with Gasteiger partial charge in [0.15, 0.2) is 0 Å². The van der Waals surface area contributed by atoms with Crippen LogP contribution in [0.4, 0.5) is 5.69 Å². The number of nitrogens with zero attached hydrogens (tertiary/aromatic N) is 3. The van der Waals surface area contributed by atoms with Crippen molar-refractivity contribution in [2.45, 2.75) is 13.8 Å². The Bertz CT molecular complexity index is 759. The molecule has 1 heterocycles. The van der Waals surface area contributed by atoms with E-state index in [1.807, 2.05) is 37.3 Å². The Morgan fingerprint density at radius 1 is 1.11 bits per heavy atom. The summed E-state index contributed by atoms with van der Waals surface area (Å²) in [6.07, 6.45) is 0. The largest absolute Gasteiger partial charge is 0.398 e. The molecule has 0 fully saturated rings. The molecule has 3 rings (SSSR count). The summed E-state index contributed by atoms with van der Waals surface area (Å²) in [6, 6.07) is 10.0. The molecule has 0 radical (unpaired) electrons. The first kappa shape index (κ1) is 12.2. The number of nitrogen functional groups attached to an aromatic ring is 1. The third-order valence-corrected chi connectivity index (χ3v) is 3.93. The number of fused-ring (bicyclic) bond motifs is 1. The predicted molar refractivity (Wildman–Crippen MR) is 80.5 cm³/mol. The number of nitrogens with two attached hydrogens (primary N) is 1. The van der Waals surface area contributed by atoms with Crippen molar-refractivity contribution < 1.29 is 0 Å². The van der Waals surface area contributed by atoms with Crippen molar-refractivity contribution in [3.8, 4) is 5.69 Å². The lowest BCUT2D eigenvalue weighted by atomic mass is 10.2. The summed E-state index contributed by atoms with van der Waals surface area (Å²) in [5.41, 5.74) is 11.5. The quantitative estimate of drug-likeness (QED) is 0.700. The van der Waals surface area contributed by atoms with Crippen LogP contribution < -0.4 is 5.73 Å². The van der Waals surface area contributed by atoms with Crippen LogP contribution in [0.1, 0.15) is 11.1 Å². The van der Waals surface area contributed by atoms with Gasteiger partial charge in [0.05, 0.1) is 15.8 Å². The Labute approximate surface area is 119 Å². The molecule has 0 bridgehead atoms. The Morgan fingerprint density at radius 3 is 2.47 bits per heavy atom. The van der Waals surface area contributed by atoms with Gasteiger partial charge in [-0.1, -0.05) is 17.7 Å². The first-order chi connectivity index (χ1) is 9.06. The van der Waals surface area contributed by atoms with Crippen molar-refractivity contribution in [3.63, 3.8) is 0 Å². The molecule has 0 saturated carbocycles. The molecule has 0 unspecified atom stereocenters. The lowest BCUT2D eigenvalue weighted by molar-refractivity contribution is 0.765. The van der Waals surface area contributed by atoms with E-state index < -0.39 is 0 Å². The third-order valence-electron chi connectivity index (χ3n) is 3.13. The van der Waals surface area contributed by atoms with Crippen LogP contribution in [0.2, 0.25) is 0 Å². The molecular formula is C14H13BrN4. The molecule has 3 aromatic rings. The van der Waals surface area contributed by atoms with Gasteiger partial charge < -0.3 is 5.73 Å². The predicted octanol–water partition coefficient (Wildman–Crippen LogP) is 3.38. The van der Waals surface area contributed by atoms with Gasteiger partial charge in [-0.15, -0.1) is 10.2 Å². The molecule has 5 heteroatoms. The molecule has 2 N–H and O–H groups in total. The van der Waals surface area contributed by atoms with E-state index in [2.05, 4.69) is 33.1 Å². The topological polar surface area (TPSA) is 56.7 Å². The van der Waals surface area contributed by atoms with E-state index in [-0.39, 0.29) is 0 Å². The average Bonchev–Trinajstić information content (AvgIpc) is 2.81. The number of anilines is 1. The zero-order chi connectivity index (χ0) is 13.6. The van der Waals surface area contributed by atoms with Crippen LogP contribution in [-0.4, -0.2) is 15.0 Å². The Hall–Kier alpha value is -1.88. The van der Waals surface area contributed by atoms with E-state index in [1.165, 1.54) is 5.56 Å². The van der Waals surface area contributed by atoms with Crippen molar-refractivity contribution in [1.82, 2.24) is 15.0 Å². The molecule has 0 aliphatic rings. The summed E-state index contributed by atoms with van der Waals surface area (Å²) >= 11 is 3.49. The molecule has 19 heavy (non-hydrogen) atoms. The fourth-order valence-electron chi connectivity index (χ4n) is 1.95. The van der Waals surface area contributed by atoms with Gasteiger partial charge in [0.25, 0.3) is 0 Å². The zero-order valence-electron chi connectivity index (χ0n) is 10.7. The van der Waals surface area contributed by atoms with Crippen LogP contribution >= 0.6 is 15.9 Å². The van der Waals surface area contributed by atoms with Crippen LogP contribution in [0.3, 0.4) is 0 Å². The van der Waals surface area contributed by atoms with Crippen LogP contribution in [0, 0.1) is 13.8 Å². The number of hydrogen-bond donors (Lipinski definition) is 1. The van der Waals surface area contributed by atoms with Crippen molar-refractivity contribution in [2.24, 2.45) is 0 Å². The van der Waals surface area contributed by atoms with Crippen molar-refractivity contribution in [1.29, 1.82) is 0 Å². The minimum atomic E-state index is 0.712. The summed E-state index contributed by atoms with van der Waals surface area (Å²) < 4.78 is 0.806. The Kier molecular flexibility index (Phi) is 2.78. The number of benzene rings is 2. The molecule has 4 nitrogen and oxygen atoms in total. The number of rotatable bonds is 1. The van der Waals surface area contributed by atoms with Gasteiger partial charge in [-0.3, -0.25) is 0 Å². The molecule has 0 amide bonds. The molecule has 1 aromatic heterocycles. The monoisotopic (exact) mass is 316 g/mol. The summed E-state index contributed by atoms with van der Waals surface area (Å²) in [4.78, 5) is 1.63. The van der Waals surface area contributed by atoms with Gasteiger partial charge in [-0.05, 0) is 53.5 Å². The highest BCUT2D eigenvalue weighted by molar-refractivity contribution is 9.10. The summed E-state index contributed by atoms with van der Waals surface area (Å²) in [5, 5.41) is 8.99. The first-order valence-corrected chi connectivity index (χ1v) is 6.74. The molecule has 0 aliphatic heterocycles. The van der Waals surface area contributed by atoms with Crippen LogP contribution in [0.5, 0.6) is 0 Å². The van der Waals surface area contributed by atoms with Crippen molar-refractivity contribution in [3.05, 3.63) is 45.9 Å². The third kappa shape index (κ3) is 2.00. The molecule has 0 spiro atoms. The molecule has 0 saturated heterocycles. The minimum absolute atomic E-state index is 0.712. The average molecular weight is 317 g/mol. The van der Waals surface area contributed by atoms with Crippen molar-refractivity contribution >= 4 is 32.7 Å². The maximum absolute atomic E-state index is 5.99. The second-order valence-electron chi connectivity index (χ2n) is 4.61. The van der Waals surface area contributed by atoms with E-state index in [0.29, 0.717) is 5.69 Å². The van der Waals surface area contributed by atoms with Crippen molar-refractivity contribution in [2.75, 3.05) is 5.73 Å². The van der Waals surface area contributed by atoms with Gasteiger partial charge in [-0.25, -0.2) is 0 Å². The fourth-order valence-corrected chi connectivity index (χ4v) is 2.54. The van der Waals surface area contributed by atoms with Gasteiger partial charge in [0.2, 0.25) is 0 Å². The number of halogens is 1. The van der Waals surface area contributed by atoms with Gasteiger partial charge in [-0.2, -0.15) is 4.80 Å². The highest BCUT2D eigenvalue weighted by Crippen LogP contribution is 2.30. The van der Waals surface area contributed by atoms with Gasteiger partial charge in [0.1, 0.15) is 11.0 Å². The maximum Gasteiger partial charge on any atom is 0.129 e. The van der Waals surface area contributed by atoms with Crippen LogP contribution in [-0.2, 0) is 0 Å². The summed E-state index contributed by atoms with van der Waals surface area (Å²) in [6.45, 7) is 4.02. The van der Waals surface area contributed by atoms with Crippen LogP contribution in [0.15, 0.2) is 34.8 Å². The molecule has 2 aromatic carbocycles. The van der Waals surface area contributed by atoms with Gasteiger partial charge in [0, 0.05) is 0 Å². The fraction of sp³-hybridized carbons (Fsp3) is 0.143. The van der Waals surface area contributed by atoms with Crippen LogP contribution in [0.25, 0.3) is 16.7 Å². The maximum atomic E-state index is 5.99. The normalized spacial score (nSPS) is 11.1. The summed E-state index contributed by atoms with van der Waals surface area (Å²) in [7, 11) is 0. The van der Waals surface area contributed by atoms with E-state index >= 15 is 0 Å². The summed E-state index contributed by atoms with van der Waals surface area (Å²) in [5.74, 6) is 0. The highest BCUT2D eigenvalue weighted by atomic mass is 79.9. The van der Waals surface area contributed by atoms with E-state index in [9.17, 15) is 0 Å². The lowest BCUT2D eigenvalue weighted by Crippen LogP contribution is -1.97. The van der Waals surface area contributed by atoms with Gasteiger partial charge >= 0.3 is 0 Å². The molecule has 0 atom stereocenters.